The molecule has 1 aromatic carbocycles. The van der Waals surface area contributed by atoms with Crippen LogP contribution in [-0.4, -0.2) is 43.2 Å². The average molecular weight is 365 g/mol. The molecule has 1 fully saturated rings. The van der Waals surface area contributed by atoms with Gasteiger partial charge in [-0.2, -0.15) is 13.2 Å². The first kappa shape index (κ1) is 16.3. The highest BCUT2D eigenvalue weighted by Crippen LogP contribution is 2.22. The minimum atomic E-state index is -4.16. The molecule has 116 valence electrons. The second kappa shape index (κ2) is 6.79. The van der Waals surface area contributed by atoms with Crippen LogP contribution in [0, 0.1) is 5.92 Å². The Labute approximate surface area is 129 Å². The van der Waals surface area contributed by atoms with E-state index in [0.29, 0.717) is 31.6 Å². The highest BCUT2D eigenvalue weighted by atomic mass is 79.9. The zero-order valence-electron chi connectivity index (χ0n) is 11.3. The molecule has 7 heteroatoms. The Kier molecular flexibility index (Phi) is 5.27. The number of nitrogens with one attached hydrogen (secondary N) is 1. The Morgan fingerprint density at radius 1 is 1.43 bits per heavy atom. The minimum Gasteiger partial charge on any atom is -0.352 e. The van der Waals surface area contributed by atoms with E-state index < -0.39 is 12.7 Å². The van der Waals surface area contributed by atoms with Gasteiger partial charge in [0, 0.05) is 23.1 Å². The van der Waals surface area contributed by atoms with E-state index in [1.807, 2.05) is 6.07 Å². The minimum absolute atomic E-state index is 0.0726. The summed E-state index contributed by atoms with van der Waals surface area (Å²) in [5, 5.41) is 2.78. The Morgan fingerprint density at radius 2 is 2.19 bits per heavy atom. The van der Waals surface area contributed by atoms with Crippen molar-refractivity contribution in [2.45, 2.75) is 12.6 Å². The van der Waals surface area contributed by atoms with Gasteiger partial charge in [-0.05, 0) is 37.1 Å². The zero-order valence-corrected chi connectivity index (χ0v) is 12.9. The number of halogens is 4. The quantitative estimate of drug-likeness (QED) is 0.890. The summed E-state index contributed by atoms with van der Waals surface area (Å²) in [6.45, 7) is 0.331. The second-order valence-electron chi connectivity index (χ2n) is 5.23. The fraction of sp³-hybridized carbons (Fsp3) is 0.500. The molecule has 2 rings (SSSR count). The largest absolute Gasteiger partial charge is 0.401 e. The Bertz CT molecular complexity index is 507. The first-order valence-electron chi connectivity index (χ1n) is 6.66. The van der Waals surface area contributed by atoms with Gasteiger partial charge in [0.1, 0.15) is 0 Å². The van der Waals surface area contributed by atoms with Gasteiger partial charge in [0.15, 0.2) is 0 Å². The summed E-state index contributed by atoms with van der Waals surface area (Å²) in [7, 11) is 0. The number of carbonyl (C=O) groups excluding carboxylic acids is 1. The number of carbonyl (C=O) groups is 1. The molecule has 1 atom stereocenters. The maximum absolute atomic E-state index is 12.3. The number of nitrogens with zero attached hydrogens (tertiary/aromatic N) is 1. The van der Waals surface area contributed by atoms with Crippen molar-refractivity contribution < 1.29 is 18.0 Å². The van der Waals surface area contributed by atoms with E-state index in [2.05, 4.69) is 21.2 Å². The van der Waals surface area contributed by atoms with Gasteiger partial charge in [-0.25, -0.2) is 0 Å². The lowest BCUT2D eigenvalue weighted by molar-refractivity contribution is -0.143. The third-order valence-electron chi connectivity index (χ3n) is 3.41. The van der Waals surface area contributed by atoms with Crippen molar-refractivity contribution in [1.29, 1.82) is 0 Å². The Hall–Kier alpha value is -1.08. The van der Waals surface area contributed by atoms with Gasteiger partial charge in [-0.15, -0.1) is 0 Å². The van der Waals surface area contributed by atoms with E-state index in [9.17, 15) is 18.0 Å². The number of likely N-dealkylation sites (tertiary alicyclic amines) is 1. The average Bonchev–Trinajstić information content (AvgIpc) is 2.81. The summed E-state index contributed by atoms with van der Waals surface area (Å²) in [6, 6.07) is 6.99. The predicted octanol–water partition coefficient (Wildman–Crippen LogP) is 3.06. The zero-order chi connectivity index (χ0) is 15.5. The molecule has 0 saturated carbocycles. The van der Waals surface area contributed by atoms with Crippen molar-refractivity contribution in [3.63, 3.8) is 0 Å². The van der Waals surface area contributed by atoms with Crippen molar-refractivity contribution in [1.82, 2.24) is 10.2 Å². The number of hydrogen-bond donors (Lipinski definition) is 1. The first-order chi connectivity index (χ1) is 9.83. The van der Waals surface area contributed by atoms with Gasteiger partial charge < -0.3 is 5.32 Å². The van der Waals surface area contributed by atoms with Crippen molar-refractivity contribution in [2.24, 2.45) is 5.92 Å². The maximum Gasteiger partial charge on any atom is 0.401 e. The molecule has 1 N–H and O–H groups in total. The Morgan fingerprint density at radius 3 is 2.86 bits per heavy atom. The predicted molar refractivity (Wildman–Crippen MR) is 77.1 cm³/mol. The molecule has 0 spiro atoms. The van der Waals surface area contributed by atoms with E-state index in [-0.39, 0.29) is 11.8 Å². The number of rotatable bonds is 4. The monoisotopic (exact) mass is 364 g/mol. The summed E-state index contributed by atoms with van der Waals surface area (Å²) in [5.74, 6) is -0.131. The van der Waals surface area contributed by atoms with E-state index in [1.54, 1.807) is 18.2 Å². The second-order valence-corrected chi connectivity index (χ2v) is 6.14. The van der Waals surface area contributed by atoms with Crippen LogP contribution in [0.5, 0.6) is 0 Å². The van der Waals surface area contributed by atoms with E-state index >= 15 is 0 Å². The Balaban J connectivity index is 1.78. The standard InChI is InChI=1S/C14H16BrF3N2O/c15-12-3-1-2-11(6-12)13(21)19-7-10-4-5-20(8-10)9-14(16,17)18/h1-3,6,10H,4-5,7-9H2,(H,19,21). The summed E-state index contributed by atoms with van der Waals surface area (Å²) in [6.07, 6.45) is -3.48. The molecule has 1 aliphatic heterocycles. The van der Waals surface area contributed by atoms with Crippen LogP contribution >= 0.6 is 15.9 Å². The van der Waals surface area contributed by atoms with Crippen LogP contribution in [0.15, 0.2) is 28.7 Å². The first-order valence-corrected chi connectivity index (χ1v) is 7.45. The molecule has 0 aliphatic carbocycles. The lowest BCUT2D eigenvalue weighted by Crippen LogP contribution is -2.34. The molecule has 21 heavy (non-hydrogen) atoms. The number of amides is 1. The molecule has 1 aliphatic rings. The molecule has 0 radical (unpaired) electrons. The van der Waals surface area contributed by atoms with Crippen molar-refractivity contribution in [3.8, 4) is 0 Å². The molecule has 1 aromatic rings. The van der Waals surface area contributed by atoms with Crippen LogP contribution in [0.1, 0.15) is 16.8 Å². The molecule has 0 aromatic heterocycles. The van der Waals surface area contributed by atoms with Gasteiger partial charge in [0.25, 0.3) is 5.91 Å². The highest BCUT2D eigenvalue weighted by molar-refractivity contribution is 9.10. The number of hydrogen-bond acceptors (Lipinski definition) is 2. The van der Waals surface area contributed by atoms with Crippen molar-refractivity contribution in [2.75, 3.05) is 26.2 Å². The van der Waals surface area contributed by atoms with Crippen LogP contribution in [0.3, 0.4) is 0 Å². The fourth-order valence-electron chi connectivity index (χ4n) is 2.45. The summed E-state index contributed by atoms with van der Waals surface area (Å²) in [4.78, 5) is 13.3. The molecular formula is C14H16BrF3N2O. The fourth-order valence-corrected chi connectivity index (χ4v) is 2.84. The van der Waals surface area contributed by atoms with Crippen molar-refractivity contribution in [3.05, 3.63) is 34.3 Å². The summed E-state index contributed by atoms with van der Waals surface area (Å²) < 4.78 is 37.7. The van der Waals surface area contributed by atoms with Gasteiger partial charge in [0.05, 0.1) is 6.54 Å². The molecule has 1 unspecified atom stereocenters. The summed E-state index contributed by atoms with van der Waals surface area (Å²) in [5.41, 5.74) is 0.537. The molecule has 1 heterocycles. The van der Waals surface area contributed by atoms with Crippen LogP contribution in [-0.2, 0) is 0 Å². The van der Waals surface area contributed by atoms with E-state index in [0.717, 1.165) is 4.47 Å². The molecule has 1 saturated heterocycles. The van der Waals surface area contributed by atoms with E-state index in [1.165, 1.54) is 4.90 Å². The normalized spacial score (nSPS) is 19.7. The lowest BCUT2D eigenvalue weighted by atomic mass is 10.1. The third-order valence-corrected chi connectivity index (χ3v) is 3.90. The number of benzene rings is 1. The number of alkyl halides is 3. The molecule has 1 amide bonds. The van der Waals surface area contributed by atoms with Gasteiger partial charge >= 0.3 is 6.18 Å². The molecule has 3 nitrogen and oxygen atoms in total. The molecule has 0 bridgehead atoms. The third kappa shape index (κ3) is 5.32. The van der Waals surface area contributed by atoms with Crippen molar-refractivity contribution >= 4 is 21.8 Å². The lowest BCUT2D eigenvalue weighted by Gasteiger charge is -2.18. The van der Waals surface area contributed by atoms with Crippen LogP contribution < -0.4 is 5.32 Å². The van der Waals surface area contributed by atoms with Crippen LogP contribution in [0.25, 0.3) is 0 Å². The van der Waals surface area contributed by atoms with Crippen LogP contribution in [0.4, 0.5) is 13.2 Å². The maximum atomic E-state index is 12.3. The van der Waals surface area contributed by atoms with Gasteiger partial charge in [0.2, 0.25) is 0 Å². The topological polar surface area (TPSA) is 32.3 Å². The molecular weight excluding hydrogens is 349 g/mol. The highest BCUT2D eigenvalue weighted by Gasteiger charge is 2.34. The van der Waals surface area contributed by atoms with E-state index in [4.69, 9.17) is 0 Å². The van der Waals surface area contributed by atoms with Crippen LogP contribution in [0.2, 0.25) is 0 Å². The smallest absolute Gasteiger partial charge is 0.352 e. The summed E-state index contributed by atoms with van der Waals surface area (Å²) >= 11 is 3.29. The SMILES string of the molecule is O=C(NCC1CCN(CC(F)(F)F)C1)c1cccc(Br)c1. The van der Waals surface area contributed by atoms with Gasteiger partial charge in [-0.3, -0.25) is 9.69 Å². The van der Waals surface area contributed by atoms with Gasteiger partial charge in [-0.1, -0.05) is 22.0 Å².